The van der Waals surface area contributed by atoms with E-state index in [1.807, 2.05) is 27.7 Å². The third-order valence-electron chi connectivity index (χ3n) is 3.99. The Hall–Kier alpha value is -0.920. The minimum atomic E-state index is -3.59. The van der Waals surface area contributed by atoms with E-state index in [2.05, 4.69) is 20.2 Å². The van der Waals surface area contributed by atoms with Gasteiger partial charge in [0.25, 0.3) is 10.0 Å². The SMILES string of the molecule is CCC(NS(=O)(=O)c1n[nH]c(C)c1CNC1CC1)C(C)C. The van der Waals surface area contributed by atoms with E-state index in [1.54, 1.807) is 0 Å². The molecule has 7 heteroatoms. The summed E-state index contributed by atoms with van der Waals surface area (Å²) in [6.07, 6.45) is 3.10. The molecule has 1 saturated carbocycles. The molecule has 3 N–H and O–H groups in total. The maximum absolute atomic E-state index is 12.6. The predicted octanol–water partition coefficient (Wildman–Crippen LogP) is 1.68. The Morgan fingerprint density at radius 3 is 2.57 bits per heavy atom. The maximum atomic E-state index is 12.6. The number of aromatic amines is 1. The van der Waals surface area contributed by atoms with Crippen molar-refractivity contribution in [2.24, 2.45) is 5.92 Å². The fourth-order valence-electron chi connectivity index (χ4n) is 2.34. The van der Waals surface area contributed by atoms with Crippen LogP contribution >= 0.6 is 0 Å². The Balaban J connectivity index is 2.18. The van der Waals surface area contributed by atoms with E-state index in [1.165, 1.54) is 12.8 Å². The quantitative estimate of drug-likeness (QED) is 0.681. The van der Waals surface area contributed by atoms with Gasteiger partial charge in [-0.05, 0) is 32.1 Å². The van der Waals surface area contributed by atoms with Crippen molar-refractivity contribution >= 4 is 10.0 Å². The highest BCUT2D eigenvalue weighted by Gasteiger charge is 2.28. The van der Waals surface area contributed by atoms with Crippen LogP contribution in [0.25, 0.3) is 0 Å². The molecule has 0 saturated heterocycles. The second-order valence-electron chi connectivity index (χ2n) is 6.17. The zero-order valence-corrected chi connectivity index (χ0v) is 14.0. The molecule has 2 rings (SSSR count). The lowest BCUT2D eigenvalue weighted by Gasteiger charge is -2.20. The van der Waals surface area contributed by atoms with Gasteiger partial charge in [-0.2, -0.15) is 5.10 Å². The highest BCUT2D eigenvalue weighted by molar-refractivity contribution is 7.89. The molecular formula is C14H26N4O2S. The van der Waals surface area contributed by atoms with Crippen LogP contribution in [0.3, 0.4) is 0 Å². The average Bonchev–Trinajstić information content (AvgIpc) is 3.16. The first kappa shape index (κ1) is 16.5. The molecule has 120 valence electrons. The van der Waals surface area contributed by atoms with Crippen molar-refractivity contribution < 1.29 is 8.42 Å². The molecule has 1 unspecified atom stereocenters. The van der Waals surface area contributed by atoms with Gasteiger partial charge < -0.3 is 5.32 Å². The maximum Gasteiger partial charge on any atom is 0.260 e. The first-order valence-electron chi connectivity index (χ1n) is 7.64. The Morgan fingerprint density at radius 1 is 1.38 bits per heavy atom. The minimum absolute atomic E-state index is 0.0729. The summed E-state index contributed by atoms with van der Waals surface area (Å²) < 4.78 is 27.9. The summed E-state index contributed by atoms with van der Waals surface area (Å²) in [6.45, 7) is 8.42. The van der Waals surface area contributed by atoms with Gasteiger partial charge in [-0.25, -0.2) is 13.1 Å². The van der Waals surface area contributed by atoms with Crippen molar-refractivity contribution in [1.82, 2.24) is 20.2 Å². The molecule has 21 heavy (non-hydrogen) atoms. The van der Waals surface area contributed by atoms with Crippen molar-refractivity contribution in [1.29, 1.82) is 0 Å². The number of H-pyrrole nitrogens is 1. The molecular weight excluding hydrogens is 288 g/mol. The third kappa shape index (κ3) is 4.05. The zero-order valence-electron chi connectivity index (χ0n) is 13.2. The van der Waals surface area contributed by atoms with Gasteiger partial charge in [-0.15, -0.1) is 0 Å². The summed E-state index contributed by atoms with van der Waals surface area (Å²) in [5, 5.41) is 10.3. The number of nitrogens with zero attached hydrogens (tertiary/aromatic N) is 1. The highest BCUT2D eigenvalue weighted by atomic mass is 32.2. The Kier molecular flexibility index (Phi) is 5.06. The molecule has 1 fully saturated rings. The van der Waals surface area contributed by atoms with Gasteiger partial charge in [-0.1, -0.05) is 20.8 Å². The number of sulfonamides is 1. The summed E-state index contributed by atoms with van der Waals surface area (Å²) >= 11 is 0. The largest absolute Gasteiger partial charge is 0.310 e. The monoisotopic (exact) mass is 314 g/mol. The summed E-state index contributed by atoms with van der Waals surface area (Å²) in [6, 6.07) is 0.457. The number of aryl methyl sites for hydroxylation is 1. The van der Waals surface area contributed by atoms with Crippen molar-refractivity contribution in [3.8, 4) is 0 Å². The van der Waals surface area contributed by atoms with Crippen LogP contribution in [0, 0.1) is 12.8 Å². The number of hydrogen-bond acceptors (Lipinski definition) is 4. The Morgan fingerprint density at radius 2 is 2.05 bits per heavy atom. The molecule has 1 aromatic heterocycles. The molecule has 6 nitrogen and oxygen atoms in total. The zero-order chi connectivity index (χ0) is 15.6. The molecule has 0 spiro atoms. The topological polar surface area (TPSA) is 86.9 Å². The summed E-state index contributed by atoms with van der Waals surface area (Å²) in [4.78, 5) is 0. The van der Waals surface area contributed by atoms with E-state index >= 15 is 0 Å². The number of hydrogen-bond donors (Lipinski definition) is 3. The Labute approximate surface area is 127 Å². The molecule has 0 amide bonds. The average molecular weight is 314 g/mol. The van der Waals surface area contributed by atoms with Crippen LogP contribution in [-0.4, -0.2) is 30.7 Å². The lowest BCUT2D eigenvalue weighted by Crippen LogP contribution is -2.38. The first-order valence-corrected chi connectivity index (χ1v) is 9.13. The molecule has 1 aliphatic carbocycles. The van der Waals surface area contributed by atoms with E-state index < -0.39 is 10.0 Å². The smallest absolute Gasteiger partial charge is 0.260 e. The van der Waals surface area contributed by atoms with Crippen molar-refractivity contribution in [2.75, 3.05) is 0 Å². The van der Waals surface area contributed by atoms with E-state index in [0.29, 0.717) is 12.6 Å². The molecule has 0 aromatic carbocycles. The molecule has 1 aromatic rings. The molecule has 1 aliphatic rings. The van der Waals surface area contributed by atoms with Gasteiger partial charge >= 0.3 is 0 Å². The van der Waals surface area contributed by atoms with Gasteiger partial charge in [-0.3, -0.25) is 5.10 Å². The fourth-order valence-corrected chi connectivity index (χ4v) is 4.00. The number of rotatable bonds is 8. The van der Waals surface area contributed by atoms with Crippen LogP contribution in [0.4, 0.5) is 0 Å². The first-order chi connectivity index (χ1) is 9.85. The summed E-state index contributed by atoms with van der Waals surface area (Å²) in [5.41, 5.74) is 1.55. The molecule has 0 radical (unpaired) electrons. The van der Waals surface area contributed by atoms with Gasteiger partial charge in [0.2, 0.25) is 0 Å². The van der Waals surface area contributed by atoms with Crippen LogP contribution < -0.4 is 10.0 Å². The van der Waals surface area contributed by atoms with Crippen molar-refractivity contribution in [3.63, 3.8) is 0 Å². The molecule has 0 aliphatic heterocycles. The lowest BCUT2D eigenvalue weighted by molar-refractivity contribution is 0.436. The number of aromatic nitrogens is 2. The van der Waals surface area contributed by atoms with Crippen molar-refractivity contribution in [2.45, 2.75) is 70.6 Å². The molecule has 0 bridgehead atoms. The summed E-state index contributed by atoms with van der Waals surface area (Å²) in [5.74, 6) is 0.248. The van der Waals surface area contributed by atoms with E-state index in [4.69, 9.17) is 0 Å². The van der Waals surface area contributed by atoms with Gasteiger partial charge in [0.1, 0.15) is 0 Å². The van der Waals surface area contributed by atoms with Crippen LogP contribution in [0.15, 0.2) is 5.03 Å². The van der Waals surface area contributed by atoms with Crippen LogP contribution in [0.5, 0.6) is 0 Å². The lowest BCUT2D eigenvalue weighted by atomic mass is 10.0. The molecule has 1 atom stereocenters. The molecule has 1 heterocycles. The standard InChI is InChI=1S/C14H26N4O2S/c1-5-13(9(2)3)18-21(19,20)14-12(10(4)16-17-14)8-15-11-6-7-11/h9,11,13,15,18H,5-8H2,1-4H3,(H,16,17). The van der Waals surface area contributed by atoms with E-state index in [0.717, 1.165) is 17.7 Å². The van der Waals surface area contributed by atoms with E-state index in [-0.39, 0.29) is 17.0 Å². The predicted molar refractivity (Wildman–Crippen MR) is 82.4 cm³/mol. The van der Waals surface area contributed by atoms with Crippen LogP contribution in [0.1, 0.15) is 51.3 Å². The number of nitrogens with one attached hydrogen (secondary N) is 3. The minimum Gasteiger partial charge on any atom is -0.310 e. The van der Waals surface area contributed by atoms with E-state index in [9.17, 15) is 8.42 Å². The highest BCUT2D eigenvalue weighted by Crippen LogP contribution is 2.22. The fraction of sp³-hybridized carbons (Fsp3) is 0.786. The second-order valence-corrected chi connectivity index (χ2v) is 7.80. The van der Waals surface area contributed by atoms with Crippen LogP contribution in [-0.2, 0) is 16.6 Å². The van der Waals surface area contributed by atoms with Gasteiger partial charge in [0.15, 0.2) is 5.03 Å². The van der Waals surface area contributed by atoms with Crippen LogP contribution in [0.2, 0.25) is 0 Å². The van der Waals surface area contributed by atoms with Gasteiger partial charge in [0.05, 0.1) is 0 Å². The second kappa shape index (κ2) is 6.46. The third-order valence-corrected chi connectivity index (χ3v) is 5.45. The Bertz CT molecular complexity index is 576. The van der Waals surface area contributed by atoms with Crippen molar-refractivity contribution in [3.05, 3.63) is 11.3 Å². The summed E-state index contributed by atoms with van der Waals surface area (Å²) in [7, 11) is -3.59. The normalized spacial score (nSPS) is 17.4. The van der Waals surface area contributed by atoms with Gasteiger partial charge in [0, 0.05) is 29.9 Å².